The summed E-state index contributed by atoms with van der Waals surface area (Å²) in [6.45, 7) is 0. The molecule has 1 aliphatic heterocycles. The predicted octanol–water partition coefficient (Wildman–Crippen LogP) is 2.06. The van der Waals surface area contributed by atoms with Crippen LogP contribution in [-0.2, 0) is 4.74 Å². The average Bonchev–Trinajstić information content (AvgIpc) is 2.64. The van der Waals surface area contributed by atoms with Crippen LogP contribution in [0, 0.1) is 0 Å². The summed E-state index contributed by atoms with van der Waals surface area (Å²) in [5.41, 5.74) is 0.348. The SMILES string of the molecule is COc1ccc(C2Oc3cc(OC)cc(O)c3C(=O)C2(O)OC)cc1. The number of carbonyl (C=O) groups excluding carboxylic acids is 1. The molecule has 2 aromatic rings. The molecule has 0 radical (unpaired) electrons. The molecule has 2 unspecified atom stereocenters. The molecule has 1 aliphatic rings. The second-order valence-corrected chi connectivity index (χ2v) is 5.52. The molecule has 0 aliphatic carbocycles. The third kappa shape index (κ3) is 2.67. The summed E-state index contributed by atoms with van der Waals surface area (Å²) in [5, 5.41) is 20.9. The number of benzene rings is 2. The number of ketones is 1. The standard InChI is InChI=1S/C18H18O7/c1-22-11-6-4-10(5-7-11)17-18(21,24-3)16(20)15-13(19)8-12(23-2)9-14(15)25-17/h4-9,17,19,21H,1-3H3. The monoisotopic (exact) mass is 346 g/mol. The van der Waals surface area contributed by atoms with Crippen molar-refractivity contribution in [3.8, 4) is 23.0 Å². The summed E-state index contributed by atoms with van der Waals surface area (Å²) in [6, 6.07) is 9.41. The maximum Gasteiger partial charge on any atom is 0.274 e. The number of aliphatic hydroxyl groups is 1. The molecule has 1 heterocycles. The molecule has 2 atom stereocenters. The minimum absolute atomic E-state index is 0.101. The molecule has 0 amide bonds. The Morgan fingerprint density at radius 2 is 1.68 bits per heavy atom. The van der Waals surface area contributed by atoms with Crippen LogP contribution in [0.1, 0.15) is 22.0 Å². The fourth-order valence-electron chi connectivity index (χ4n) is 2.79. The zero-order valence-electron chi connectivity index (χ0n) is 14.0. The van der Waals surface area contributed by atoms with Gasteiger partial charge in [-0.05, 0) is 17.7 Å². The normalized spacial score (nSPS) is 22.1. The van der Waals surface area contributed by atoms with Gasteiger partial charge in [-0.3, -0.25) is 4.79 Å². The highest BCUT2D eigenvalue weighted by Gasteiger charge is 2.53. The van der Waals surface area contributed by atoms with Crippen LogP contribution in [0.5, 0.6) is 23.0 Å². The van der Waals surface area contributed by atoms with E-state index in [0.717, 1.165) is 0 Å². The van der Waals surface area contributed by atoms with Crippen LogP contribution in [0.25, 0.3) is 0 Å². The van der Waals surface area contributed by atoms with Gasteiger partial charge in [0.2, 0.25) is 5.78 Å². The lowest BCUT2D eigenvalue weighted by atomic mass is 9.89. The molecule has 0 spiro atoms. The molecule has 2 aromatic carbocycles. The van der Waals surface area contributed by atoms with E-state index in [2.05, 4.69) is 0 Å². The summed E-state index contributed by atoms with van der Waals surface area (Å²) < 4.78 is 21.1. The maximum absolute atomic E-state index is 12.8. The van der Waals surface area contributed by atoms with Crippen molar-refractivity contribution in [1.82, 2.24) is 0 Å². The van der Waals surface area contributed by atoms with Gasteiger partial charge in [-0.2, -0.15) is 0 Å². The van der Waals surface area contributed by atoms with E-state index in [9.17, 15) is 15.0 Å². The quantitative estimate of drug-likeness (QED) is 0.818. The number of aromatic hydroxyl groups is 1. The highest BCUT2D eigenvalue weighted by Crippen LogP contribution is 2.46. The van der Waals surface area contributed by atoms with Crippen molar-refractivity contribution >= 4 is 5.78 Å². The number of rotatable bonds is 4. The lowest BCUT2D eigenvalue weighted by Crippen LogP contribution is -2.51. The van der Waals surface area contributed by atoms with Crippen LogP contribution in [-0.4, -0.2) is 43.1 Å². The first-order valence-electron chi connectivity index (χ1n) is 7.48. The topological polar surface area (TPSA) is 94.5 Å². The maximum atomic E-state index is 12.8. The van der Waals surface area contributed by atoms with Gasteiger partial charge in [-0.1, -0.05) is 12.1 Å². The predicted molar refractivity (Wildman–Crippen MR) is 87.3 cm³/mol. The van der Waals surface area contributed by atoms with Crippen molar-refractivity contribution < 1.29 is 34.0 Å². The fourth-order valence-corrected chi connectivity index (χ4v) is 2.79. The van der Waals surface area contributed by atoms with E-state index < -0.39 is 17.7 Å². The van der Waals surface area contributed by atoms with Gasteiger partial charge in [0.1, 0.15) is 28.6 Å². The lowest BCUT2D eigenvalue weighted by molar-refractivity contribution is -0.205. The molecule has 7 nitrogen and oxygen atoms in total. The van der Waals surface area contributed by atoms with Crippen molar-refractivity contribution in [2.75, 3.05) is 21.3 Å². The number of hydrogen-bond acceptors (Lipinski definition) is 7. The van der Waals surface area contributed by atoms with E-state index in [0.29, 0.717) is 17.1 Å². The number of Topliss-reactive ketones (excluding diaryl/α,β-unsaturated/α-hetero) is 1. The summed E-state index contributed by atoms with van der Waals surface area (Å²) in [4.78, 5) is 12.8. The number of phenolic OH excluding ortho intramolecular Hbond substituents is 1. The van der Waals surface area contributed by atoms with Crippen molar-refractivity contribution in [3.05, 3.63) is 47.5 Å². The van der Waals surface area contributed by atoms with Crippen molar-refractivity contribution in [2.45, 2.75) is 11.9 Å². The number of ether oxygens (including phenoxy) is 4. The molecule has 0 fully saturated rings. The van der Waals surface area contributed by atoms with Crippen LogP contribution >= 0.6 is 0 Å². The van der Waals surface area contributed by atoms with Gasteiger partial charge in [0.15, 0.2) is 6.10 Å². The van der Waals surface area contributed by atoms with Crippen molar-refractivity contribution in [1.29, 1.82) is 0 Å². The van der Waals surface area contributed by atoms with E-state index in [4.69, 9.17) is 18.9 Å². The summed E-state index contributed by atoms with van der Waals surface area (Å²) in [7, 11) is 4.16. The Hall–Kier alpha value is -2.77. The van der Waals surface area contributed by atoms with E-state index in [1.54, 1.807) is 24.3 Å². The third-order valence-corrected chi connectivity index (χ3v) is 4.17. The minimum Gasteiger partial charge on any atom is -0.507 e. The van der Waals surface area contributed by atoms with Crippen LogP contribution in [0.4, 0.5) is 0 Å². The Morgan fingerprint density at radius 1 is 1.04 bits per heavy atom. The van der Waals surface area contributed by atoms with Gasteiger partial charge in [0, 0.05) is 19.2 Å². The van der Waals surface area contributed by atoms with Crippen LogP contribution in [0.15, 0.2) is 36.4 Å². The molecule has 25 heavy (non-hydrogen) atoms. The summed E-state index contributed by atoms with van der Waals surface area (Å²) >= 11 is 0. The van der Waals surface area contributed by atoms with E-state index in [-0.39, 0.29) is 17.1 Å². The van der Waals surface area contributed by atoms with Crippen molar-refractivity contribution in [2.24, 2.45) is 0 Å². The zero-order chi connectivity index (χ0) is 18.2. The van der Waals surface area contributed by atoms with Gasteiger partial charge in [0.05, 0.1) is 14.2 Å². The Morgan fingerprint density at radius 3 is 2.24 bits per heavy atom. The molecule has 0 saturated heterocycles. The average molecular weight is 346 g/mol. The second-order valence-electron chi connectivity index (χ2n) is 5.52. The molecule has 0 saturated carbocycles. The zero-order valence-corrected chi connectivity index (χ0v) is 14.0. The molecular formula is C18H18O7. The highest BCUT2D eigenvalue weighted by molar-refractivity contribution is 6.07. The largest absolute Gasteiger partial charge is 0.507 e. The third-order valence-electron chi connectivity index (χ3n) is 4.17. The van der Waals surface area contributed by atoms with Gasteiger partial charge in [-0.15, -0.1) is 0 Å². The van der Waals surface area contributed by atoms with Gasteiger partial charge >= 0.3 is 0 Å². The minimum atomic E-state index is -2.28. The number of methoxy groups -OCH3 is 3. The fraction of sp³-hybridized carbons (Fsp3) is 0.278. The second kappa shape index (κ2) is 6.27. The van der Waals surface area contributed by atoms with Gasteiger partial charge in [0.25, 0.3) is 5.79 Å². The molecule has 3 rings (SSSR count). The number of hydrogen-bond donors (Lipinski definition) is 2. The van der Waals surface area contributed by atoms with Crippen LogP contribution < -0.4 is 14.2 Å². The number of phenols is 1. The van der Waals surface area contributed by atoms with Gasteiger partial charge in [-0.25, -0.2) is 0 Å². The first-order chi connectivity index (χ1) is 11.9. The Bertz CT molecular complexity index is 800. The molecule has 2 N–H and O–H groups in total. The first kappa shape index (κ1) is 17.1. The molecular weight excluding hydrogens is 328 g/mol. The van der Waals surface area contributed by atoms with Gasteiger partial charge < -0.3 is 29.2 Å². The highest BCUT2D eigenvalue weighted by atomic mass is 16.7. The lowest BCUT2D eigenvalue weighted by Gasteiger charge is -2.38. The van der Waals surface area contributed by atoms with Crippen LogP contribution in [0.2, 0.25) is 0 Å². The summed E-state index contributed by atoms with van der Waals surface area (Å²) in [5.74, 6) is -2.40. The number of carbonyl (C=O) groups is 1. The van der Waals surface area contributed by atoms with Crippen molar-refractivity contribution in [3.63, 3.8) is 0 Å². The van der Waals surface area contributed by atoms with E-state index in [1.165, 1.54) is 33.5 Å². The molecule has 0 aromatic heterocycles. The molecule has 7 heteroatoms. The first-order valence-corrected chi connectivity index (χ1v) is 7.48. The Kier molecular flexibility index (Phi) is 4.28. The number of fused-ring (bicyclic) bond motifs is 1. The van der Waals surface area contributed by atoms with E-state index in [1.807, 2.05) is 0 Å². The van der Waals surface area contributed by atoms with Crippen LogP contribution in [0.3, 0.4) is 0 Å². The Labute approximate surface area is 144 Å². The van der Waals surface area contributed by atoms with E-state index >= 15 is 0 Å². The smallest absolute Gasteiger partial charge is 0.274 e. The Balaban J connectivity index is 2.13. The summed E-state index contributed by atoms with van der Waals surface area (Å²) in [6.07, 6.45) is -1.13. The molecule has 132 valence electrons. The molecule has 0 bridgehead atoms.